The van der Waals surface area contributed by atoms with Crippen LogP contribution >= 0.6 is 24.0 Å². The summed E-state index contributed by atoms with van der Waals surface area (Å²) in [5, 5.41) is 6.51. The van der Waals surface area contributed by atoms with Crippen molar-refractivity contribution in [1.29, 1.82) is 0 Å². The maximum atomic E-state index is 13.0. The van der Waals surface area contributed by atoms with Crippen LogP contribution in [0.15, 0.2) is 39.9 Å². The highest BCUT2D eigenvalue weighted by atomic mass is 127. The van der Waals surface area contributed by atoms with E-state index in [4.69, 9.17) is 9.15 Å². The smallest absolute Gasteiger partial charge is 0.226 e. The topological polar surface area (TPSA) is 71.7 Å². The standard InChI is InChI=1S/C21H31FN4O2.HI/c1-4-23-21(25-12-14-27-13-10-16(2)3)24-11-9-19-15-28-20(26-19)17-5-7-18(22)8-6-17;/h5-8,15-16H,4,9-14H2,1-3H3,(H2,23,24,25);1H. The van der Waals surface area contributed by atoms with Crippen molar-refractivity contribution in [3.63, 3.8) is 0 Å². The van der Waals surface area contributed by atoms with Crippen molar-refractivity contribution >= 4 is 29.9 Å². The Balaban J connectivity index is 0.00000420. The van der Waals surface area contributed by atoms with Crippen LogP contribution in [-0.4, -0.2) is 43.8 Å². The summed E-state index contributed by atoms with van der Waals surface area (Å²) in [6.07, 6.45) is 3.40. The molecule has 8 heteroatoms. The van der Waals surface area contributed by atoms with E-state index in [9.17, 15) is 4.39 Å². The molecule has 162 valence electrons. The van der Waals surface area contributed by atoms with Gasteiger partial charge < -0.3 is 19.8 Å². The summed E-state index contributed by atoms with van der Waals surface area (Å²) in [5.74, 6) is 1.63. The van der Waals surface area contributed by atoms with Crippen LogP contribution in [-0.2, 0) is 11.2 Å². The zero-order valence-corrected chi connectivity index (χ0v) is 19.7. The fourth-order valence-corrected chi connectivity index (χ4v) is 2.44. The molecule has 0 saturated carbocycles. The van der Waals surface area contributed by atoms with Crippen molar-refractivity contribution in [1.82, 2.24) is 15.6 Å². The van der Waals surface area contributed by atoms with Crippen LogP contribution in [0.5, 0.6) is 0 Å². The second-order valence-electron chi connectivity index (χ2n) is 6.88. The molecule has 2 rings (SSSR count). The summed E-state index contributed by atoms with van der Waals surface area (Å²) < 4.78 is 24.1. The molecule has 0 aliphatic carbocycles. The summed E-state index contributed by atoms with van der Waals surface area (Å²) in [7, 11) is 0. The average molecular weight is 518 g/mol. The molecule has 0 amide bonds. The predicted molar refractivity (Wildman–Crippen MR) is 125 cm³/mol. The summed E-state index contributed by atoms with van der Waals surface area (Å²) in [5.41, 5.74) is 1.59. The Morgan fingerprint density at radius 3 is 2.66 bits per heavy atom. The zero-order valence-electron chi connectivity index (χ0n) is 17.4. The number of guanidine groups is 1. The molecule has 2 aromatic rings. The second kappa shape index (κ2) is 14.3. The van der Waals surface area contributed by atoms with Gasteiger partial charge in [-0.2, -0.15) is 0 Å². The van der Waals surface area contributed by atoms with E-state index in [0.29, 0.717) is 37.9 Å². The SMILES string of the molecule is CCNC(=NCCOCCC(C)C)NCCc1coc(-c2ccc(F)cc2)n1.I. The van der Waals surface area contributed by atoms with Crippen molar-refractivity contribution in [3.8, 4) is 11.5 Å². The van der Waals surface area contributed by atoms with E-state index in [1.807, 2.05) is 6.92 Å². The lowest BCUT2D eigenvalue weighted by molar-refractivity contribution is 0.130. The van der Waals surface area contributed by atoms with E-state index in [-0.39, 0.29) is 29.8 Å². The molecule has 0 saturated heterocycles. The van der Waals surface area contributed by atoms with Gasteiger partial charge in [-0.1, -0.05) is 13.8 Å². The largest absolute Gasteiger partial charge is 0.444 e. The number of nitrogens with zero attached hydrogens (tertiary/aromatic N) is 2. The molecular weight excluding hydrogens is 486 g/mol. The first kappa shape index (κ1) is 25.4. The van der Waals surface area contributed by atoms with E-state index < -0.39 is 0 Å². The molecule has 0 bridgehead atoms. The second-order valence-corrected chi connectivity index (χ2v) is 6.88. The van der Waals surface area contributed by atoms with Crippen LogP contribution in [0.4, 0.5) is 4.39 Å². The monoisotopic (exact) mass is 518 g/mol. The Hall–Kier alpha value is -1.68. The third kappa shape index (κ3) is 10.1. The Morgan fingerprint density at radius 2 is 1.97 bits per heavy atom. The number of benzene rings is 1. The van der Waals surface area contributed by atoms with Crippen LogP contribution < -0.4 is 10.6 Å². The molecule has 0 unspecified atom stereocenters. The van der Waals surface area contributed by atoms with E-state index in [2.05, 4.69) is 34.5 Å². The summed E-state index contributed by atoms with van der Waals surface area (Å²) in [6.45, 7) is 9.88. The molecule has 0 radical (unpaired) electrons. The molecule has 0 spiro atoms. The van der Waals surface area contributed by atoms with Crippen LogP contribution in [0, 0.1) is 11.7 Å². The number of aliphatic imine (C=N–C) groups is 1. The highest BCUT2D eigenvalue weighted by Gasteiger charge is 2.07. The lowest BCUT2D eigenvalue weighted by atomic mass is 10.1. The number of oxazole rings is 1. The molecule has 0 atom stereocenters. The van der Waals surface area contributed by atoms with Crippen LogP contribution in [0.3, 0.4) is 0 Å². The van der Waals surface area contributed by atoms with Gasteiger partial charge in [-0.25, -0.2) is 9.37 Å². The minimum absolute atomic E-state index is 0. The van der Waals surface area contributed by atoms with E-state index in [1.54, 1.807) is 18.4 Å². The minimum atomic E-state index is -0.278. The third-order valence-corrected chi connectivity index (χ3v) is 4.01. The Labute approximate surface area is 189 Å². The molecular formula is C21H32FIN4O2. The third-order valence-electron chi connectivity index (χ3n) is 4.01. The van der Waals surface area contributed by atoms with Gasteiger partial charge in [0.25, 0.3) is 0 Å². The Kier molecular flexibility index (Phi) is 12.5. The van der Waals surface area contributed by atoms with E-state index in [1.165, 1.54) is 12.1 Å². The van der Waals surface area contributed by atoms with Crippen molar-refractivity contribution < 1.29 is 13.5 Å². The van der Waals surface area contributed by atoms with Gasteiger partial charge in [-0.15, -0.1) is 24.0 Å². The first-order valence-corrected chi connectivity index (χ1v) is 9.88. The first-order chi connectivity index (χ1) is 13.6. The number of ether oxygens (including phenoxy) is 1. The van der Waals surface area contributed by atoms with Gasteiger partial charge in [-0.3, -0.25) is 4.99 Å². The highest BCUT2D eigenvalue weighted by molar-refractivity contribution is 14.0. The van der Waals surface area contributed by atoms with Crippen molar-refractivity contribution in [2.45, 2.75) is 33.6 Å². The van der Waals surface area contributed by atoms with Gasteiger partial charge >= 0.3 is 0 Å². The van der Waals surface area contributed by atoms with Gasteiger partial charge in [0.2, 0.25) is 5.89 Å². The zero-order chi connectivity index (χ0) is 20.2. The molecule has 0 aliphatic heterocycles. The van der Waals surface area contributed by atoms with Gasteiger partial charge in [-0.05, 0) is 43.5 Å². The van der Waals surface area contributed by atoms with Gasteiger partial charge in [0.05, 0.1) is 18.8 Å². The normalized spacial score (nSPS) is 11.4. The molecule has 1 heterocycles. The number of nitrogens with one attached hydrogen (secondary N) is 2. The molecule has 0 aliphatic rings. The minimum Gasteiger partial charge on any atom is -0.444 e. The number of aromatic nitrogens is 1. The first-order valence-electron chi connectivity index (χ1n) is 9.88. The molecule has 2 N–H and O–H groups in total. The summed E-state index contributed by atoms with van der Waals surface area (Å²) >= 11 is 0. The molecule has 6 nitrogen and oxygen atoms in total. The molecule has 1 aromatic heterocycles. The number of halogens is 2. The van der Waals surface area contributed by atoms with E-state index >= 15 is 0 Å². The van der Waals surface area contributed by atoms with Gasteiger partial charge in [0.15, 0.2) is 5.96 Å². The summed E-state index contributed by atoms with van der Waals surface area (Å²) in [4.78, 5) is 8.97. The van der Waals surface area contributed by atoms with Gasteiger partial charge in [0.1, 0.15) is 12.1 Å². The fraction of sp³-hybridized carbons (Fsp3) is 0.524. The number of hydrogen-bond acceptors (Lipinski definition) is 4. The van der Waals surface area contributed by atoms with Crippen molar-refractivity contribution in [2.24, 2.45) is 10.9 Å². The fourth-order valence-electron chi connectivity index (χ4n) is 2.44. The molecule has 29 heavy (non-hydrogen) atoms. The predicted octanol–water partition coefficient (Wildman–Crippen LogP) is 4.26. The lowest BCUT2D eigenvalue weighted by Gasteiger charge is -2.11. The Morgan fingerprint density at radius 1 is 1.21 bits per heavy atom. The maximum Gasteiger partial charge on any atom is 0.226 e. The van der Waals surface area contributed by atoms with Crippen LogP contribution in [0.25, 0.3) is 11.5 Å². The Bertz CT molecular complexity index is 720. The lowest BCUT2D eigenvalue weighted by Crippen LogP contribution is -2.38. The highest BCUT2D eigenvalue weighted by Crippen LogP contribution is 2.18. The summed E-state index contributed by atoms with van der Waals surface area (Å²) in [6, 6.07) is 6.10. The van der Waals surface area contributed by atoms with Crippen LogP contribution in [0.1, 0.15) is 32.9 Å². The quantitative estimate of drug-likeness (QED) is 0.201. The number of hydrogen-bond donors (Lipinski definition) is 2. The molecule has 0 fully saturated rings. The van der Waals surface area contributed by atoms with Crippen molar-refractivity contribution in [3.05, 3.63) is 42.0 Å². The number of rotatable bonds is 11. The van der Waals surface area contributed by atoms with Gasteiger partial charge in [0, 0.05) is 31.7 Å². The average Bonchev–Trinajstić information content (AvgIpc) is 3.13. The van der Waals surface area contributed by atoms with Crippen LogP contribution in [0.2, 0.25) is 0 Å². The van der Waals surface area contributed by atoms with E-state index in [0.717, 1.165) is 36.8 Å². The maximum absolute atomic E-state index is 13.0. The molecule has 1 aromatic carbocycles. The van der Waals surface area contributed by atoms with Crippen molar-refractivity contribution in [2.75, 3.05) is 32.8 Å².